The quantitative estimate of drug-likeness (QED) is 0.352. The fourth-order valence-corrected chi connectivity index (χ4v) is 4.17. The van der Waals surface area contributed by atoms with Crippen LogP contribution >= 0.6 is 0 Å². The molecule has 5 aromatic rings. The van der Waals surface area contributed by atoms with E-state index in [-0.39, 0.29) is 5.82 Å². The number of anilines is 1. The van der Waals surface area contributed by atoms with Crippen molar-refractivity contribution in [3.8, 4) is 22.5 Å². The van der Waals surface area contributed by atoms with Gasteiger partial charge in [0.15, 0.2) is 0 Å². The standard InChI is InChI=1S/C27H24FN5/c1-18-13-22(28)15-26-23(18)14-19(2)33(26)12-11-30-27-16-25(31-17-32-27)21-8-6-20(7-9-21)24-5-3-4-10-29-24/h3-10,13-17H,11-12H2,1-2H3,(H,30,31,32). The number of aryl methyl sites for hydroxylation is 2. The predicted molar refractivity (Wildman–Crippen MR) is 131 cm³/mol. The highest BCUT2D eigenvalue weighted by molar-refractivity contribution is 5.84. The summed E-state index contributed by atoms with van der Waals surface area (Å²) in [6.45, 7) is 5.36. The topological polar surface area (TPSA) is 55.6 Å². The van der Waals surface area contributed by atoms with Crippen LogP contribution in [0.25, 0.3) is 33.4 Å². The van der Waals surface area contributed by atoms with Gasteiger partial charge in [0.25, 0.3) is 0 Å². The van der Waals surface area contributed by atoms with Crippen molar-refractivity contribution in [1.82, 2.24) is 19.5 Å². The summed E-state index contributed by atoms with van der Waals surface area (Å²) in [5.41, 5.74) is 6.85. The van der Waals surface area contributed by atoms with Gasteiger partial charge in [-0.15, -0.1) is 0 Å². The van der Waals surface area contributed by atoms with Crippen LogP contribution in [0.15, 0.2) is 79.3 Å². The van der Waals surface area contributed by atoms with E-state index in [1.54, 1.807) is 24.7 Å². The predicted octanol–water partition coefficient (Wildman–Crippen LogP) is 6.03. The molecule has 164 valence electrons. The SMILES string of the molecule is Cc1cc(F)cc2c1cc(C)n2CCNc1cc(-c2ccc(-c3ccccn3)cc2)ncn1. The third-order valence-electron chi connectivity index (χ3n) is 5.85. The Morgan fingerprint density at radius 2 is 1.64 bits per heavy atom. The van der Waals surface area contributed by atoms with Gasteiger partial charge in [-0.2, -0.15) is 0 Å². The van der Waals surface area contributed by atoms with Crippen LogP contribution in [0.3, 0.4) is 0 Å². The summed E-state index contributed by atoms with van der Waals surface area (Å²) in [7, 11) is 0. The van der Waals surface area contributed by atoms with Gasteiger partial charge in [0, 0.05) is 47.6 Å². The van der Waals surface area contributed by atoms with Crippen molar-refractivity contribution in [2.45, 2.75) is 20.4 Å². The first-order valence-corrected chi connectivity index (χ1v) is 10.9. The van der Waals surface area contributed by atoms with E-state index in [0.717, 1.165) is 50.5 Å². The molecule has 1 N–H and O–H groups in total. The Morgan fingerprint density at radius 3 is 2.39 bits per heavy atom. The van der Waals surface area contributed by atoms with Crippen LogP contribution in [0.5, 0.6) is 0 Å². The first kappa shape index (κ1) is 20.8. The zero-order valence-electron chi connectivity index (χ0n) is 18.6. The molecule has 0 aliphatic rings. The highest BCUT2D eigenvalue weighted by atomic mass is 19.1. The van der Waals surface area contributed by atoms with Crippen LogP contribution < -0.4 is 5.32 Å². The number of aromatic nitrogens is 4. The summed E-state index contributed by atoms with van der Waals surface area (Å²) < 4.78 is 16.1. The van der Waals surface area contributed by atoms with Crippen LogP contribution in [0.4, 0.5) is 10.2 Å². The lowest BCUT2D eigenvalue weighted by Crippen LogP contribution is -2.12. The zero-order valence-corrected chi connectivity index (χ0v) is 18.6. The minimum atomic E-state index is -0.207. The van der Waals surface area contributed by atoms with Gasteiger partial charge < -0.3 is 9.88 Å². The second-order valence-corrected chi connectivity index (χ2v) is 8.10. The van der Waals surface area contributed by atoms with Gasteiger partial charge in [-0.3, -0.25) is 4.98 Å². The normalized spacial score (nSPS) is 11.1. The molecule has 3 aromatic heterocycles. The van der Waals surface area contributed by atoms with Crippen LogP contribution in [0.1, 0.15) is 11.3 Å². The monoisotopic (exact) mass is 437 g/mol. The van der Waals surface area contributed by atoms with E-state index in [9.17, 15) is 4.39 Å². The van der Waals surface area contributed by atoms with Crippen molar-refractivity contribution in [3.05, 3.63) is 96.3 Å². The number of pyridine rings is 1. The lowest BCUT2D eigenvalue weighted by Gasteiger charge is -2.11. The number of hydrogen-bond acceptors (Lipinski definition) is 4. The van der Waals surface area contributed by atoms with Gasteiger partial charge >= 0.3 is 0 Å². The molecule has 0 unspecified atom stereocenters. The van der Waals surface area contributed by atoms with Crippen molar-refractivity contribution in [2.24, 2.45) is 0 Å². The minimum Gasteiger partial charge on any atom is -0.368 e. The Labute approximate surface area is 192 Å². The van der Waals surface area contributed by atoms with E-state index in [1.807, 2.05) is 55.5 Å². The number of benzene rings is 2. The molecule has 0 fully saturated rings. The number of fused-ring (bicyclic) bond motifs is 1. The van der Waals surface area contributed by atoms with Crippen LogP contribution in [0.2, 0.25) is 0 Å². The molecule has 0 bridgehead atoms. The average Bonchev–Trinajstić information content (AvgIpc) is 3.15. The van der Waals surface area contributed by atoms with E-state index in [1.165, 1.54) is 0 Å². The molecule has 5 nitrogen and oxygen atoms in total. The molecule has 0 aliphatic heterocycles. The summed E-state index contributed by atoms with van der Waals surface area (Å²) in [4.78, 5) is 13.2. The van der Waals surface area contributed by atoms with Gasteiger partial charge in [0.1, 0.15) is 18.0 Å². The van der Waals surface area contributed by atoms with E-state index in [2.05, 4.69) is 37.8 Å². The maximum absolute atomic E-state index is 14.0. The summed E-state index contributed by atoms with van der Waals surface area (Å²) >= 11 is 0. The third kappa shape index (κ3) is 4.32. The fourth-order valence-electron chi connectivity index (χ4n) is 4.17. The molecule has 2 aromatic carbocycles. The highest BCUT2D eigenvalue weighted by Gasteiger charge is 2.10. The second kappa shape index (κ2) is 8.82. The molecule has 0 saturated carbocycles. The van der Waals surface area contributed by atoms with Crippen molar-refractivity contribution in [3.63, 3.8) is 0 Å². The third-order valence-corrected chi connectivity index (χ3v) is 5.85. The molecule has 0 radical (unpaired) electrons. The largest absolute Gasteiger partial charge is 0.368 e. The fraction of sp³-hybridized carbons (Fsp3) is 0.148. The first-order chi connectivity index (χ1) is 16.1. The molecule has 6 heteroatoms. The Kier molecular flexibility index (Phi) is 5.57. The number of halogens is 1. The van der Waals surface area contributed by atoms with E-state index in [0.29, 0.717) is 13.1 Å². The molecular formula is C27H24FN5. The zero-order chi connectivity index (χ0) is 22.8. The Hall–Kier alpha value is -4.06. The minimum absolute atomic E-state index is 0.207. The van der Waals surface area contributed by atoms with Crippen LogP contribution in [-0.2, 0) is 6.54 Å². The molecule has 33 heavy (non-hydrogen) atoms. The van der Waals surface area contributed by atoms with E-state index >= 15 is 0 Å². The van der Waals surface area contributed by atoms with E-state index in [4.69, 9.17) is 0 Å². The lowest BCUT2D eigenvalue weighted by atomic mass is 10.1. The first-order valence-electron chi connectivity index (χ1n) is 10.9. The summed E-state index contributed by atoms with van der Waals surface area (Å²) in [5, 5.41) is 4.47. The molecule has 5 rings (SSSR count). The number of hydrogen-bond donors (Lipinski definition) is 1. The van der Waals surface area contributed by atoms with Gasteiger partial charge in [0.2, 0.25) is 0 Å². The number of rotatable bonds is 6. The maximum atomic E-state index is 14.0. The number of nitrogens with one attached hydrogen (secondary N) is 1. The smallest absolute Gasteiger partial charge is 0.130 e. The Balaban J connectivity index is 1.30. The number of nitrogens with zero attached hydrogens (tertiary/aromatic N) is 4. The molecular weight excluding hydrogens is 413 g/mol. The molecule has 0 spiro atoms. The molecule has 0 atom stereocenters. The molecule has 0 saturated heterocycles. The Morgan fingerprint density at radius 1 is 0.848 bits per heavy atom. The summed E-state index contributed by atoms with van der Waals surface area (Å²) in [6, 6.07) is 21.3. The maximum Gasteiger partial charge on any atom is 0.130 e. The van der Waals surface area contributed by atoms with Crippen LogP contribution in [-0.4, -0.2) is 26.1 Å². The van der Waals surface area contributed by atoms with E-state index < -0.39 is 0 Å². The van der Waals surface area contributed by atoms with Crippen molar-refractivity contribution in [1.29, 1.82) is 0 Å². The average molecular weight is 438 g/mol. The van der Waals surface area contributed by atoms with Gasteiger partial charge in [0.05, 0.1) is 16.9 Å². The second-order valence-electron chi connectivity index (χ2n) is 8.10. The molecule has 0 amide bonds. The Bertz CT molecular complexity index is 1410. The summed E-state index contributed by atoms with van der Waals surface area (Å²) in [6.07, 6.45) is 3.36. The highest BCUT2D eigenvalue weighted by Crippen LogP contribution is 2.25. The molecule has 3 heterocycles. The van der Waals surface area contributed by atoms with Crippen molar-refractivity contribution >= 4 is 16.7 Å². The van der Waals surface area contributed by atoms with Crippen LogP contribution in [0, 0.1) is 19.7 Å². The molecule has 0 aliphatic carbocycles. The van der Waals surface area contributed by atoms with Crippen molar-refractivity contribution < 1.29 is 4.39 Å². The van der Waals surface area contributed by atoms with Crippen molar-refractivity contribution in [2.75, 3.05) is 11.9 Å². The van der Waals surface area contributed by atoms with Gasteiger partial charge in [-0.25, -0.2) is 14.4 Å². The van der Waals surface area contributed by atoms with Gasteiger partial charge in [-0.1, -0.05) is 30.3 Å². The van der Waals surface area contributed by atoms with Gasteiger partial charge in [-0.05, 0) is 49.7 Å². The summed E-state index contributed by atoms with van der Waals surface area (Å²) in [5.74, 6) is 0.548. The lowest BCUT2D eigenvalue weighted by molar-refractivity contribution is 0.626.